The molecule has 0 saturated carbocycles. The molecule has 0 aliphatic carbocycles. The van der Waals surface area contributed by atoms with Crippen LogP contribution in [0.3, 0.4) is 0 Å². The quantitative estimate of drug-likeness (QED) is 0.617. The van der Waals surface area contributed by atoms with Crippen LogP contribution in [-0.2, 0) is 14.3 Å². The average molecular weight is 412 g/mol. The van der Waals surface area contributed by atoms with Gasteiger partial charge in [0.05, 0.1) is 26.9 Å². The smallest absolute Gasteiger partial charge is 0.246 e. The van der Waals surface area contributed by atoms with Gasteiger partial charge in [-0.05, 0) is 55.5 Å². The van der Waals surface area contributed by atoms with E-state index < -0.39 is 6.04 Å². The Labute approximate surface area is 176 Å². The van der Waals surface area contributed by atoms with E-state index in [4.69, 9.17) is 9.47 Å². The fourth-order valence-corrected chi connectivity index (χ4v) is 3.05. The number of hydrogen-bond acceptors (Lipinski definition) is 6. The van der Waals surface area contributed by atoms with E-state index in [1.807, 2.05) is 24.3 Å². The second-order valence-electron chi connectivity index (χ2n) is 7.10. The van der Waals surface area contributed by atoms with Gasteiger partial charge in [-0.3, -0.25) is 14.5 Å². The summed E-state index contributed by atoms with van der Waals surface area (Å²) in [5.74, 6) is 0.532. The maximum absolute atomic E-state index is 12.4. The Morgan fingerprint density at radius 2 is 1.53 bits per heavy atom. The number of methoxy groups -OCH3 is 1. The SMILES string of the molecule is COc1ccc(NC(=O)C(C)Nc2ccc(NC(=O)CN3CCOCC3)cc2)cc1. The molecule has 0 bridgehead atoms. The van der Waals surface area contributed by atoms with Gasteiger partial charge in [0, 0.05) is 30.2 Å². The highest BCUT2D eigenvalue weighted by molar-refractivity contribution is 5.96. The Kier molecular flexibility index (Phi) is 7.64. The molecule has 0 aromatic heterocycles. The molecule has 0 spiro atoms. The van der Waals surface area contributed by atoms with Crippen LogP contribution in [0.25, 0.3) is 0 Å². The number of rotatable bonds is 8. The van der Waals surface area contributed by atoms with Crippen molar-refractivity contribution < 1.29 is 19.1 Å². The van der Waals surface area contributed by atoms with Gasteiger partial charge in [0.25, 0.3) is 0 Å². The molecule has 1 unspecified atom stereocenters. The lowest BCUT2D eigenvalue weighted by Gasteiger charge is -2.25. The number of carbonyl (C=O) groups is 2. The van der Waals surface area contributed by atoms with Crippen molar-refractivity contribution in [2.45, 2.75) is 13.0 Å². The van der Waals surface area contributed by atoms with E-state index in [2.05, 4.69) is 20.9 Å². The molecule has 0 radical (unpaired) electrons. The van der Waals surface area contributed by atoms with Gasteiger partial charge in [0.1, 0.15) is 11.8 Å². The molecule has 3 rings (SSSR count). The average Bonchev–Trinajstić information content (AvgIpc) is 2.76. The van der Waals surface area contributed by atoms with E-state index in [1.165, 1.54) is 0 Å². The number of morpholine rings is 1. The zero-order valence-electron chi connectivity index (χ0n) is 17.3. The van der Waals surface area contributed by atoms with Gasteiger partial charge in [-0.1, -0.05) is 0 Å². The molecule has 8 heteroatoms. The minimum absolute atomic E-state index is 0.0511. The van der Waals surface area contributed by atoms with Crippen LogP contribution in [0.15, 0.2) is 48.5 Å². The molecule has 1 aliphatic rings. The Balaban J connectivity index is 1.46. The van der Waals surface area contributed by atoms with Gasteiger partial charge in [0.2, 0.25) is 11.8 Å². The first-order valence-corrected chi connectivity index (χ1v) is 9.95. The summed E-state index contributed by atoms with van der Waals surface area (Å²) in [4.78, 5) is 26.6. The van der Waals surface area contributed by atoms with Gasteiger partial charge >= 0.3 is 0 Å². The van der Waals surface area contributed by atoms with Crippen molar-refractivity contribution in [1.29, 1.82) is 0 Å². The van der Waals surface area contributed by atoms with Crippen molar-refractivity contribution in [3.05, 3.63) is 48.5 Å². The van der Waals surface area contributed by atoms with Crippen molar-refractivity contribution in [3.63, 3.8) is 0 Å². The predicted octanol–water partition coefficient (Wildman–Crippen LogP) is 2.41. The van der Waals surface area contributed by atoms with Crippen molar-refractivity contribution in [1.82, 2.24) is 4.90 Å². The molecular weight excluding hydrogens is 384 g/mol. The number of benzene rings is 2. The summed E-state index contributed by atoms with van der Waals surface area (Å²) in [5, 5.41) is 8.92. The topological polar surface area (TPSA) is 91.9 Å². The summed E-state index contributed by atoms with van der Waals surface area (Å²) >= 11 is 0. The van der Waals surface area contributed by atoms with Crippen LogP contribution < -0.4 is 20.7 Å². The van der Waals surface area contributed by atoms with Crippen molar-refractivity contribution >= 4 is 28.9 Å². The number of amides is 2. The standard InChI is InChI=1S/C22H28N4O4/c1-16(22(28)25-19-7-9-20(29-2)10-8-19)23-17-3-5-18(6-4-17)24-21(27)15-26-11-13-30-14-12-26/h3-10,16,23H,11-15H2,1-2H3,(H,24,27)(H,25,28). The lowest BCUT2D eigenvalue weighted by molar-refractivity contribution is -0.118. The van der Waals surface area contributed by atoms with Crippen molar-refractivity contribution in [2.75, 3.05) is 55.9 Å². The first kappa shape index (κ1) is 21.6. The van der Waals surface area contributed by atoms with E-state index >= 15 is 0 Å². The van der Waals surface area contributed by atoms with Crippen LogP contribution in [0, 0.1) is 0 Å². The predicted molar refractivity (Wildman–Crippen MR) is 117 cm³/mol. The molecule has 2 aromatic rings. The summed E-state index contributed by atoms with van der Waals surface area (Å²) in [6.07, 6.45) is 0. The summed E-state index contributed by atoms with van der Waals surface area (Å²) in [6.45, 7) is 5.01. The number of nitrogens with one attached hydrogen (secondary N) is 3. The monoisotopic (exact) mass is 412 g/mol. The normalized spacial score (nSPS) is 15.1. The Hall–Kier alpha value is -3.10. The first-order chi connectivity index (χ1) is 14.5. The molecule has 30 heavy (non-hydrogen) atoms. The molecule has 8 nitrogen and oxygen atoms in total. The van der Waals surface area contributed by atoms with E-state index in [0.29, 0.717) is 31.1 Å². The van der Waals surface area contributed by atoms with Crippen LogP contribution in [0.5, 0.6) is 5.75 Å². The summed E-state index contributed by atoms with van der Waals surface area (Å²) < 4.78 is 10.4. The first-order valence-electron chi connectivity index (χ1n) is 9.95. The number of anilines is 3. The van der Waals surface area contributed by atoms with Crippen LogP contribution in [0.4, 0.5) is 17.1 Å². The fourth-order valence-electron chi connectivity index (χ4n) is 3.05. The number of hydrogen-bond donors (Lipinski definition) is 3. The second kappa shape index (κ2) is 10.6. The van der Waals surface area contributed by atoms with Crippen LogP contribution in [0.1, 0.15) is 6.92 Å². The van der Waals surface area contributed by atoms with E-state index in [9.17, 15) is 9.59 Å². The third kappa shape index (κ3) is 6.47. The molecule has 3 N–H and O–H groups in total. The van der Waals surface area contributed by atoms with Crippen LogP contribution in [-0.4, -0.2) is 62.7 Å². The Morgan fingerprint density at radius 1 is 0.967 bits per heavy atom. The molecule has 1 atom stereocenters. The van der Waals surface area contributed by atoms with Gasteiger partial charge in [-0.25, -0.2) is 0 Å². The largest absolute Gasteiger partial charge is 0.497 e. The van der Waals surface area contributed by atoms with Gasteiger partial charge in [0.15, 0.2) is 0 Å². The maximum Gasteiger partial charge on any atom is 0.246 e. The number of ether oxygens (including phenoxy) is 2. The third-order valence-corrected chi connectivity index (χ3v) is 4.77. The van der Waals surface area contributed by atoms with Gasteiger partial charge in [-0.15, -0.1) is 0 Å². The molecule has 1 aliphatic heterocycles. The van der Waals surface area contributed by atoms with Crippen LogP contribution in [0.2, 0.25) is 0 Å². The fraction of sp³-hybridized carbons (Fsp3) is 0.364. The van der Waals surface area contributed by atoms with E-state index in [-0.39, 0.29) is 11.8 Å². The second-order valence-corrected chi connectivity index (χ2v) is 7.10. The molecule has 1 heterocycles. The highest BCUT2D eigenvalue weighted by Crippen LogP contribution is 2.17. The minimum atomic E-state index is -0.436. The molecule has 160 valence electrons. The highest BCUT2D eigenvalue weighted by atomic mass is 16.5. The van der Waals surface area contributed by atoms with Crippen LogP contribution >= 0.6 is 0 Å². The third-order valence-electron chi connectivity index (χ3n) is 4.77. The maximum atomic E-state index is 12.4. The van der Waals surface area contributed by atoms with E-state index in [0.717, 1.165) is 24.5 Å². The lowest BCUT2D eigenvalue weighted by atomic mass is 10.2. The molecule has 2 aromatic carbocycles. The number of carbonyl (C=O) groups excluding carboxylic acids is 2. The molecule has 2 amide bonds. The molecule has 1 saturated heterocycles. The highest BCUT2D eigenvalue weighted by Gasteiger charge is 2.15. The molecular formula is C22H28N4O4. The molecule has 1 fully saturated rings. The zero-order valence-corrected chi connectivity index (χ0v) is 17.3. The number of nitrogens with zero attached hydrogens (tertiary/aromatic N) is 1. The zero-order chi connectivity index (χ0) is 21.3. The van der Waals surface area contributed by atoms with Crippen molar-refractivity contribution in [2.24, 2.45) is 0 Å². The van der Waals surface area contributed by atoms with Crippen molar-refractivity contribution in [3.8, 4) is 5.75 Å². The minimum Gasteiger partial charge on any atom is -0.497 e. The lowest BCUT2D eigenvalue weighted by Crippen LogP contribution is -2.41. The Morgan fingerprint density at radius 3 is 2.17 bits per heavy atom. The Bertz CT molecular complexity index is 833. The van der Waals surface area contributed by atoms with Gasteiger partial charge < -0.3 is 25.4 Å². The summed E-state index contributed by atoms with van der Waals surface area (Å²) in [5.41, 5.74) is 2.21. The summed E-state index contributed by atoms with van der Waals surface area (Å²) in [7, 11) is 1.60. The summed E-state index contributed by atoms with van der Waals surface area (Å²) in [6, 6.07) is 14.0. The van der Waals surface area contributed by atoms with E-state index in [1.54, 1.807) is 38.3 Å². The van der Waals surface area contributed by atoms with Gasteiger partial charge in [-0.2, -0.15) is 0 Å².